The van der Waals surface area contributed by atoms with Crippen LogP contribution in [0, 0.1) is 19.8 Å². The summed E-state index contributed by atoms with van der Waals surface area (Å²) in [4.78, 5) is 12.8. The fourth-order valence-electron chi connectivity index (χ4n) is 3.23. The molecule has 130 valence electrons. The summed E-state index contributed by atoms with van der Waals surface area (Å²) in [7, 11) is 1.96. The number of rotatable bonds is 7. The molecule has 2 rings (SSSR count). The van der Waals surface area contributed by atoms with Crippen LogP contribution < -0.4 is 5.32 Å². The molecule has 1 amide bonds. The highest BCUT2D eigenvalue weighted by Gasteiger charge is 2.25. The van der Waals surface area contributed by atoms with Crippen molar-refractivity contribution in [2.45, 2.75) is 46.5 Å². The molecule has 0 saturated carbocycles. The van der Waals surface area contributed by atoms with Crippen molar-refractivity contribution >= 4 is 5.91 Å². The zero-order chi connectivity index (χ0) is 17.7. The molecule has 1 aromatic carbocycles. The van der Waals surface area contributed by atoms with Crippen LogP contribution in [0.25, 0.3) is 0 Å². The molecule has 4 heteroatoms. The van der Waals surface area contributed by atoms with Crippen LogP contribution in [0.3, 0.4) is 0 Å². The van der Waals surface area contributed by atoms with Crippen LogP contribution in [0.1, 0.15) is 48.7 Å². The molecule has 1 N–H and O–H groups in total. The number of aromatic nitrogens is 2. The van der Waals surface area contributed by atoms with Gasteiger partial charge >= 0.3 is 0 Å². The summed E-state index contributed by atoms with van der Waals surface area (Å²) in [6.45, 7) is 9.02. The van der Waals surface area contributed by atoms with Gasteiger partial charge < -0.3 is 5.32 Å². The number of aryl methyl sites for hydroxylation is 2. The smallest absolute Gasteiger partial charge is 0.227 e. The van der Waals surface area contributed by atoms with Gasteiger partial charge in [-0.3, -0.25) is 9.48 Å². The van der Waals surface area contributed by atoms with Crippen molar-refractivity contribution in [2.75, 3.05) is 6.54 Å². The maximum Gasteiger partial charge on any atom is 0.227 e. The molecule has 2 atom stereocenters. The molecule has 24 heavy (non-hydrogen) atoms. The van der Waals surface area contributed by atoms with E-state index in [0.717, 1.165) is 24.1 Å². The molecule has 2 aromatic rings. The van der Waals surface area contributed by atoms with Crippen molar-refractivity contribution in [3.8, 4) is 0 Å². The Morgan fingerprint density at radius 1 is 1.25 bits per heavy atom. The van der Waals surface area contributed by atoms with Gasteiger partial charge in [0.05, 0.1) is 11.6 Å². The number of hydrogen-bond donors (Lipinski definition) is 1. The lowest BCUT2D eigenvalue weighted by molar-refractivity contribution is -0.123. The molecule has 0 spiro atoms. The first-order chi connectivity index (χ1) is 11.5. The van der Waals surface area contributed by atoms with E-state index < -0.39 is 0 Å². The molecule has 1 heterocycles. The van der Waals surface area contributed by atoms with E-state index in [-0.39, 0.29) is 11.8 Å². The Morgan fingerprint density at radius 2 is 1.92 bits per heavy atom. The third-order valence-corrected chi connectivity index (χ3v) is 4.99. The van der Waals surface area contributed by atoms with Crippen LogP contribution in [-0.2, 0) is 18.3 Å². The first-order valence-electron chi connectivity index (χ1n) is 8.77. The minimum atomic E-state index is -0.0905. The van der Waals surface area contributed by atoms with Gasteiger partial charge in [0.1, 0.15) is 0 Å². The van der Waals surface area contributed by atoms with Crippen LogP contribution >= 0.6 is 0 Å². The summed E-state index contributed by atoms with van der Waals surface area (Å²) in [6.07, 6.45) is 1.80. The Hall–Kier alpha value is -2.10. The molecule has 0 bridgehead atoms. The SMILES string of the molecule is CCC(C)C(C(=O)NCCc1c(C)nn(C)c1C)c1ccccc1. The van der Waals surface area contributed by atoms with Crippen molar-refractivity contribution in [3.05, 3.63) is 52.8 Å². The van der Waals surface area contributed by atoms with Gasteiger partial charge in [0.15, 0.2) is 0 Å². The minimum Gasteiger partial charge on any atom is -0.355 e. The molecular formula is C20H29N3O. The summed E-state index contributed by atoms with van der Waals surface area (Å²) in [6, 6.07) is 10.1. The van der Waals surface area contributed by atoms with Crippen molar-refractivity contribution in [1.82, 2.24) is 15.1 Å². The normalized spacial score (nSPS) is 13.5. The molecule has 0 aliphatic heterocycles. The number of amides is 1. The van der Waals surface area contributed by atoms with Gasteiger partial charge in [-0.15, -0.1) is 0 Å². The summed E-state index contributed by atoms with van der Waals surface area (Å²) in [5, 5.41) is 7.57. The van der Waals surface area contributed by atoms with E-state index in [4.69, 9.17) is 0 Å². The zero-order valence-corrected chi connectivity index (χ0v) is 15.5. The Morgan fingerprint density at radius 3 is 2.46 bits per heavy atom. The number of nitrogens with one attached hydrogen (secondary N) is 1. The molecule has 0 radical (unpaired) electrons. The van der Waals surface area contributed by atoms with E-state index in [1.165, 1.54) is 11.3 Å². The summed E-state index contributed by atoms with van der Waals surface area (Å²) >= 11 is 0. The van der Waals surface area contributed by atoms with Crippen LogP contribution in [0.4, 0.5) is 0 Å². The van der Waals surface area contributed by atoms with E-state index in [9.17, 15) is 4.79 Å². The second-order valence-corrected chi connectivity index (χ2v) is 6.59. The highest BCUT2D eigenvalue weighted by atomic mass is 16.1. The Labute approximate surface area is 145 Å². The summed E-state index contributed by atoms with van der Waals surface area (Å²) in [5.74, 6) is 0.344. The first kappa shape index (κ1) is 18.2. The summed E-state index contributed by atoms with van der Waals surface area (Å²) in [5.41, 5.74) is 4.55. The second kappa shape index (κ2) is 8.13. The van der Waals surface area contributed by atoms with Crippen molar-refractivity contribution < 1.29 is 4.79 Å². The lowest BCUT2D eigenvalue weighted by atomic mass is 9.85. The lowest BCUT2D eigenvalue weighted by Gasteiger charge is -2.22. The number of benzene rings is 1. The molecule has 2 unspecified atom stereocenters. The maximum absolute atomic E-state index is 12.8. The number of hydrogen-bond acceptors (Lipinski definition) is 2. The Bertz CT molecular complexity index is 676. The lowest BCUT2D eigenvalue weighted by Crippen LogP contribution is -2.34. The number of nitrogens with zero attached hydrogens (tertiary/aromatic N) is 2. The van der Waals surface area contributed by atoms with Crippen molar-refractivity contribution in [1.29, 1.82) is 0 Å². The quantitative estimate of drug-likeness (QED) is 0.846. The second-order valence-electron chi connectivity index (χ2n) is 6.59. The average molecular weight is 327 g/mol. The third-order valence-electron chi connectivity index (χ3n) is 4.99. The molecule has 0 fully saturated rings. The van der Waals surface area contributed by atoms with Gasteiger partial charge in [-0.1, -0.05) is 50.6 Å². The Balaban J connectivity index is 2.03. The van der Waals surface area contributed by atoms with Gasteiger partial charge in [0.2, 0.25) is 5.91 Å². The van der Waals surface area contributed by atoms with Gasteiger partial charge in [-0.25, -0.2) is 0 Å². The molecule has 0 saturated heterocycles. The fraction of sp³-hybridized carbons (Fsp3) is 0.500. The van der Waals surface area contributed by atoms with Crippen LogP contribution in [-0.4, -0.2) is 22.2 Å². The predicted octanol–water partition coefficient (Wildman–Crippen LogP) is 3.53. The van der Waals surface area contributed by atoms with E-state index in [2.05, 4.69) is 31.2 Å². The van der Waals surface area contributed by atoms with Gasteiger partial charge in [-0.05, 0) is 37.3 Å². The molecular weight excluding hydrogens is 298 g/mol. The van der Waals surface area contributed by atoms with Crippen LogP contribution in [0.2, 0.25) is 0 Å². The van der Waals surface area contributed by atoms with Crippen LogP contribution in [0.5, 0.6) is 0 Å². The molecule has 1 aromatic heterocycles. The fourth-order valence-corrected chi connectivity index (χ4v) is 3.23. The van der Waals surface area contributed by atoms with Gasteiger partial charge in [0, 0.05) is 19.3 Å². The highest BCUT2D eigenvalue weighted by Crippen LogP contribution is 2.27. The zero-order valence-electron chi connectivity index (χ0n) is 15.5. The van der Waals surface area contributed by atoms with Crippen LogP contribution in [0.15, 0.2) is 30.3 Å². The number of carbonyl (C=O) groups is 1. The van der Waals surface area contributed by atoms with Gasteiger partial charge in [0.25, 0.3) is 0 Å². The predicted molar refractivity (Wildman–Crippen MR) is 98.0 cm³/mol. The van der Waals surface area contributed by atoms with Gasteiger partial charge in [-0.2, -0.15) is 5.10 Å². The Kier molecular flexibility index (Phi) is 6.18. The average Bonchev–Trinajstić information content (AvgIpc) is 2.82. The molecule has 0 aliphatic carbocycles. The summed E-state index contributed by atoms with van der Waals surface area (Å²) < 4.78 is 1.90. The minimum absolute atomic E-state index is 0.0905. The highest BCUT2D eigenvalue weighted by molar-refractivity contribution is 5.83. The monoisotopic (exact) mass is 327 g/mol. The first-order valence-corrected chi connectivity index (χ1v) is 8.77. The largest absolute Gasteiger partial charge is 0.355 e. The van der Waals surface area contributed by atoms with Crippen molar-refractivity contribution in [2.24, 2.45) is 13.0 Å². The van der Waals surface area contributed by atoms with Crippen molar-refractivity contribution in [3.63, 3.8) is 0 Å². The topological polar surface area (TPSA) is 46.9 Å². The van der Waals surface area contributed by atoms with E-state index >= 15 is 0 Å². The third kappa shape index (κ3) is 4.05. The van der Waals surface area contributed by atoms with E-state index in [1.54, 1.807) is 0 Å². The number of carbonyl (C=O) groups excluding carboxylic acids is 1. The molecule has 0 aliphatic rings. The standard InChI is InChI=1S/C20H29N3O/c1-6-14(2)19(17-10-8-7-9-11-17)20(24)21-13-12-18-15(3)22-23(5)16(18)4/h7-11,14,19H,6,12-13H2,1-5H3,(H,21,24). The molecule has 4 nitrogen and oxygen atoms in total. The van der Waals surface area contributed by atoms with E-state index in [1.807, 2.05) is 49.0 Å². The van der Waals surface area contributed by atoms with E-state index in [0.29, 0.717) is 12.5 Å². The maximum atomic E-state index is 12.8.